The summed E-state index contributed by atoms with van der Waals surface area (Å²) in [5, 5.41) is 0.683. The zero-order valence-electron chi connectivity index (χ0n) is 23.9. The molecule has 2 heterocycles. The number of aromatic nitrogens is 1. The van der Waals surface area contributed by atoms with Crippen molar-refractivity contribution in [3.63, 3.8) is 0 Å². The Morgan fingerprint density at radius 2 is 1.55 bits per heavy atom. The van der Waals surface area contributed by atoms with E-state index in [2.05, 4.69) is 9.71 Å². The van der Waals surface area contributed by atoms with Crippen LogP contribution >= 0.6 is 0 Å². The lowest BCUT2D eigenvalue weighted by Gasteiger charge is -2.35. The molecule has 1 N–H and O–H groups in total. The predicted molar refractivity (Wildman–Crippen MR) is 162 cm³/mol. The third kappa shape index (κ3) is 7.54. The molecule has 44 heavy (non-hydrogen) atoms. The largest absolute Gasteiger partial charge is 0.416 e. The third-order valence-corrected chi connectivity index (χ3v) is 9.11. The number of anilines is 1. The van der Waals surface area contributed by atoms with E-state index in [1.165, 1.54) is 62.2 Å². The molecule has 1 aliphatic heterocycles. The van der Waals surface area contributed by atoms with E-state index < -0.39 is 27.6 Å². The van der Waals surface area contributed by atoms with Crippen molar-refractivity contribution in [1.82, 2.24) is 14.8 Å². The predicted octanol–water partition coefficient (Wildman–Crippen LogP) is 6.96. The third-order valence-electron chi connectivity index (χ3n) is 7.70. The van der Waals surface area contributed by atoms with Crippen LogP contribution in [0.25, 0.3) is 10.9 Å². The van der Waals surface area contributed by atoms with E-state index in [0.717, 1.165) is 18.2 Å². The second-order valence-electron chi connectivity index (χ2n) is 10.8. The summed E-state index contributed by atoms with van der Waals surface area (Å²) < 4.78 is 82.2. The van der Waals surface area contributed by atoms with Crippen LogP contribution in [0.5, 0.6) is 0 Å². The number of amides is 1. The average Bonchev–Trinajstić information content (AvgIpc) is 2.96. The van der Waals surface area contributed by atoms with Gasteiger partial charge in [0.15, 0.2) is 0 Å². The highest BCUT2D eigenvalue weighted by molar-refractivity contribution is 7.93. The van der Waals surface area contributed by atoms with Gasteiger partial charge in [0, 0.05) is 57.0 Å². The van der Waals surface area contributed by atoms with Crippen LogP contribution in [0.15, 0.2) is 83.9 Å². The molecule has 4 aromatic rings. The van der Waals surface area contributed by atoms with Gasteiger partial charge in [-0.1, -0.05) is 43.9 Å². The Hall–Kier alpha value is -4.03. The number of carbonyl (C=O) groups excluding carboxylic acids is 1. The van der Waals surface area contributed by atoms with Gasteiger partial charge in [-0.15, -0.1) is 0 Å². The van der Waals surface area contributed by atoms with E-state index in [9.17, 15) is 30.8 Å². The van der Waals surface area contributed by atoms with Crippen LogP contribution in [0.4, 0.5) is 23.2 Å². The fourth-order valence-corrected chi connectivity index (χ4v) is 6.18. The lowest BCUT2D eigenvalue weighted by atomic mass is 10.0. The van der Waals surface area contributed by atoms with Gasteiger partial charge in [-0.25, -0.2) is 12.8 Å². The Morgan fingerprint density at radius 3 is 2.18 bits per heavy atom. The minimum absolute atomic E-state index is 0. The molecule has 0 unspecified atom stereocenters. The molecule has 0 atom stereocenters. The summed E-state index contributed by atoms with van der Waals surface area (Å²) in [6.45, 7) is 1.10. The number of sulfonamides is 1. The standard InChI is InChI=1S/C28H24F4N4O3S.C4H8.H2/c29-22-8-11-24(28(30,31)32)21(17-22)18-35-13-15-36(16-14-35)27(37)20-6-9-23(10-7-20)34-40(38,39)25-5-1-3-19-4-2-12-33-26(19)25;1-2-4-3-1;/h1-12,17,34H,13-16,18H2;1-4H2;1H. The number of nitrogens with one attached hydrogen (secondary N) is 1. The number of rotatable bonds is 6. The number of hydrogen-bond acceptors (Lipinski definition) is 5. The molecule has 1 saturated carbocycles. The number of hydrogen-bond donors (Lipinski definition) is 1. The molecule has 0 radical (unpaired) electrons. The first-order valence-corrected chi connectivity index (χ1v) is 15.8. The van der Waals surface area contributed by atoms with Gasteiger partial charge in [-0.2, -0.15) is 13.2 Å². The monoisotopic (exact) mass is 630 g/mol. The summed E-state index contributed by atoms with van der Waals surface area (Å²) in [4.78, 5) is 20.6. The summed E-state index contributed by atoms with van der Waals surface area (Å²) in [7, 11) is -3.95. The summed E-state index contributed by atoms with van der Waals surface area (Å²) in [5.41, 5.74) is -0.0718. The van der Waals surface area contributed by atoms with Gasteiger partial charge in [0.2, 0.25) is 0 Å². The molecular weight excluding hydrogens is 596 g/mol. The summed E-state index contributed by atoms with van der Waals surface area (Å²) >= 11 is 0. The van der Waals surface area contributed by atoms with E-state index in [-0.39, 0.29) is 43.1 Å². The van der Waals surface area contributed by atoms with Gasteiger partial charge in [0.25, 0.3) is 15.9 Å². The van der Waals surface area contributed by atoms with E-state index in [1.54, 1.807) is 34.1 Å². The quantitative estimate of drug-likeness (QED) is 0.233. The van der Waals surface area contributed by atoms with Crippen LogP contribution in [0, 0.1) is 5.82 Å². The van der Waals surface area contributed by atoms with Crippen LogP contribution in [-0.4, -0.2) is 55.3 Å². The second kappa shape index (κ2) is 13.3. The minimum atomic E-state index is -4.59. The molecule has 7 nitrogen and oxygen atoms in total. The molecule has 1 aliphatic carbocycles. The summed E-state index contributed by atoms with van der Waals surface area (Å²) in [5.74, 6) is -1.02. The Morgan fingerprint density at radius 1 is 0.886 bits per heavy atom. The fourth-order valence-electron chi connectivity index (χ4n) is 4.94. The molecule has 12 heteroatoms. The van der Waals surface area contributed by atoms with E-state index in [0.29, 0.717) is 29.6 Å². The van der Waals surface area contributed by atoms with Crippen molar-refractivity contribution in [1.29, 1.82) is 0 Å². The number of nitrogens with zero attached hydrogens (tertiary/aromatic N) is 3. The van der Waals surface area contributed by atoms with Gasteiger partial charge in [-0.05, 0) is 60.2 Å². The first-order chi connectivity index (χ1) is 21.0. The Bertz CT molecular complexity index is 1720. The highest BCUT2D eigenvalue weighted by Gasteiger charge is 2.34. The van der Waals surface area contributed by atoms with Crippen LogP contribution in [0.2, 0.25) is 0 Å². The zero-order valence-corrected chi connectivity index (χ0v) is 24.7. The first kappa shape index (κ1) is 31.4. The molecule has 1 amide bonds. The molecule has 6 rings (SSSR count). The molecule has 2 aliphatic rings. The van der Waals surface area contributed by atoms with Crippen LogP contribution < -0.4 is 4.72 Å². The molecule has 1 saturated heterocycles. The number of pyridine rings is 1. The van der Waals surface area contributed by atoms with Crippen molar-refractivity contribution in [2.24, 2.45) is 0 Å². The smallest absolute Gasteiger partial charge is 0.336 e. The lowest BCUT2D eigenvalue weighted by Crippen LogP contribution is -2.48. The van der Waals surface area contributed by atoms with Crippen LogP contribution in [-0.2, 0) is 22.7 Å². The Balaban J connectivity index is 0.000000854. The summed E-state index contributed by atoms with van der Waals surface area (Å²) in [6.07, 6.45) is 2.93. The van der Waals surface area contributed by atoms with Crippen molar-refractivity contribution >= 4 is 32.5 Å². The highest BCUT2D eigenvalue weighted by Crippen LogP contribution is 2.33. The first-order valence-electron chi connectivity index (χ1n) is 14.4. The highest BCUT2D eigenvalue weighted by atomic mass is 32.2. The molecule has 0 bridgehead atoms. The number of alkyl halides is 3. The minimum Gasteiger partial charge on any atom is -0.336 e. The van der Waals surface area contributed by atoms with Gasteiger partial charge < -0.3 is 4.90 Å². The number of halogens is 4. The lowest BCUT2D eigenvalue weighted by molar-refractivity contribution is -0.138. The van der Waals surface area contributed by atoms with Crippen molar-refractivity contribution in [3.8, 4) is 0 Å². The van der Waals surface area contributed by atoms with E-state index in [4.69, 9.17) is 0 Å². The van der Waals surface area contributed by atoms with Crippen molar-refractivity contribution in [3.05, 3.63) is 102 Å². The zero-order chi connectivity index (χ0) is 31.3. The maximum absolute atomic E-state index is 13.6. The number of benzene rings is 3. The van der Waals surface area contributed by atoms with E-state index in [1.807, 2.05) is 0 Å². The molecule has 1 aromatic heterocycles. The summed E-state index contributed by atoms with van der Waals surface area (Å²) in [6, 6.07) is 16.8. The number of para-hydroxylation sites is 1. The van der Waals surface area contributed by atoms with Crippen molar-refractivity contribution in [2.75, 3.05) is 30.9 Å². The molecule has 3 aromatic carbocycles. The van der Waals surface area contributed by atoms with Gasteiger partial charge in [-0.3, -0.25) is 19.4 Å². The van der Waals surface area contributed by atoms with Gasteiger partial charge in [0.1, 0.15) is 10.7 Å². The molecule has 0 spiro atoms. The maximum atomic E-state index is 13.6. The van der Waals surface area contributed by atoms with E-state index >= 15 is 0 Å². The molecule has 234 valence electrons. The molecular formula is C32H34F4N4O3S. The van der Waals surface area contributed by atoms with Crippen molar-refractivity contribution in [2.45, 2.75) is 43.3 Å². The number of fused-ring (bicyclic) bond motifs is 1. The van der Waals surface area contributed by atoms with Gasteiger partial charge in [0.05, 0.1) is 11.1 Å². The maximum Gasteiger partial charge on any atom is 0.416 e. The Kier molecular flexibility index (Phi) is 9.50. The van der Waals surface area contributed by atoms with Crippen LogP contribution in [0.3, 0.4) is 0 Å². The normalized spacial score (nSPS) is 15.7. The topological polar surface area (TPSA) is 82.6 Å². The SMILES string of the molecule is C1CCC1.O=C(c1ccc(NS(=O)(=O)c2cccc3cccnc23)cc1)N1CCN(Cc2cc(F)ccc2C(F)(F)F)CC1.[HH]. The number of carbonyl (C=O) groups is 1. The Labute approximate surface area is 255 Å². The average molecular weight is 631 g/mol. The van der Waals surface area contributed by atoms with Crippen LogP contribution in [0.1, 0.15) is 48.6 Å². The second-order valence-corrected chi connectivity index (χ2v) is 12.4. The van der Waals surface area contributed by atoms with Crippen molar-refractivity contribution < 1.29 is 32.2 Å². The number of piperazine rings is 1. The molecule has 2 fully saturated rings. The van der Waals surface area contributed by atoms with Gasteiger partial charge >= 0.3 is 6.18 Å². The fraction of sp³-hybridized carbons (Fsp3) is 0.312.